The molecule has 1 rings (SSSR count). The van der Waals surface area contributed by atoms with Crippen molar-refractivity contribution in [3.05, 3.63) is 11.9 Å². The van der Waals surface area contributed by atoms with Gasteiger partial charge in [-0.05, 0) is 13.3 Å². The Kier molecular flexibility index (Phi) is 5.60. The molecule has 1 heterocycles. The summed E-state index contributed by atoms with van der Waals surface area (Å²) in [6.45, 7) is 2.87. The van der Waals surface area contributed by atoms with Gasteiger partial charge in [-0.2, -0.15) is 5.10 Å². The maximum Gasteiger partial charge on any atom is 0.274 e. The molecule has 1 aromatic heterocycles. The Labute approximate surface area is 106 Å². The normalized spacial score (nSPS) is 12.4. The SMILES string of the molecule is CCn1cc(N)c(C(=O)NC(CCO)COC)n1. The monoisotopic (exact) mass is 256 g/mol. The summed E-state index contributed by atoms with van der Waals surface area (Å²) in [5, 5.41) is 15.7. The zero-order valence-electron chi connectivity index (χ0n) is 10.7. The molecule has 4 N–H and O–H groups in total. The Balaban J connectivity index is 2.70. The molecule has 0 spiro atoms. The smallest absolute Gasteiger partial charge is 0.274 e. The predicted molar refractivity (Wildman–Crippen MR) is 67.1 cm³/mol. The van der Waals surface area contributed by atoms with Crippen molar-refractivity contribution in [3.63, 3.8) is 0 Å². The molecule has 7 nitrogen and oxygen atoms in total. The molecule has 0 bridgehead atoms. The second-order valence-corrected chi connectivity index (χ2v) is 3.93. The highest BCUT2D eigenvalue weighted by Crippen LogP contribution is 2.09. The number of carbonyl (C=O) groups is 1. The Morgan fingerprint density at radius 3 is 2.94 bits per heavy atom. The molecule has 0 aromatic carbocycles. The van der Waals surface area contributed by atoms with Crippen LogP contribution in [0.5, 0.6) is 0 Å². The van der Waals surface area contributed by atoms with E-state index in [1.807, 2.05) is 6.92 Å². The first kappa shape index (κ1) is 14.5. The van der Waals surface area contributed by atoms with Crippen molar-refractivity contribution in [2.45, 2.75) is 25.9 Å². The van der Waals surface area contributed by atoms with Crippen LogP contribution in [0.3, 0.4) is 0 Å². The van der Waals surface area contributed by atoms with Gasteiger partial charge in [-0.25, -0.2) is 0 Å². The van der Waals surface area contributed by atoms with E-state index >= 15 is 0 Å². The first-order chi connectivity index (χ1) is 8.62. The van der Waals surface area contributed by atoms with Crippen molar-refractivity contribution in [1.82, 2.24) is 15.1 Å². The van der Waals surface area contributed by atoms with Crippen LogP contribution in [0, 0.1) is 0 Å². The van der Waals surface area contributed by atoms with E-state index in [0.29, 0.717) is 25.3 Å². The Morgan fingerprint density at radius 2 is 2.44 bits per heavy atom. The van der Waals surface area contributed by atoms with E-state index in [-0.39, 0.29) is 24.2 Å². The van der Waals surface area contributed by atoms with Crippen LogP contribution in [-0.2, 0) is 11.3 Å². The first-order valence-corrected chi connectivity index (χ1v) is 5.85. The molecule has 1 amide bonds. The number of ether oxygens (including phenoxy) is 1. The van der Waals surface area contributed by atoms with Gasteiger partial charge in [0.15, 0.2) is 5.69 Å². The Bertz CT molecular complexity index is 386. The molecular weight excluding hydrogens is 236 g/mol. The average Bonchev–Trinajstić information content (AvgIpc) is 2.71. The first-order valence-electron chi connectivity index (χ1n) is 5.85. The van der Waals surface area contributed by atoms with Crippen molar-refractivity contribution >= 4 is 11.6 Å². The number of nitrogens with two attached hydrogens (primary N) is 1. The number of aryl methyl sites for hydroxylation is 1. The van der Waals surface area contributed by atoms with Gasteiger partial charge in [0.2, 0.25) is 0 Å². The quantitative estimate of drug-likeness (QED) is 0.616. The van der Waals surface area contributed by atoms with Gasteiger partial charge in [0.25, 0.3) is 5.91 Å². The van der Waals surface area contributed by atoms with Crippen LogP contribution in [0.15, 0.2) is 6.20 Å². The minimum absolute atomic E-state index is 0.0206. The summed E-state index contributed by atoms with van der Waals surface area (Å²) in [5.41, 5.74) is 6.26. The van der Waals surface area contributed by atoms with Gasteiger partial charge in [-0.3, -0.25) is 9.48 Å². The highest BCUT2D eigenvalue weighted by molar-refractivity contribution is 5.97. The third-order valence-corrected chi connectivity index (χ3v) is 2.51. The van der Waals surface area contributed by atoms with Gasteiger partial charge >= 0.3 is 0 Å². The molecule has 0 saturated heterocycles. The summed E-state index contributed by atoms with van der Waals surface area (Å²) in [6, 6.07) is -0.251. The second kappa shape index (κ2) is 6.97. The van der Waals surface area contributed by atoms with Gasteiger partial charge in [0.1, 0.15) is 0 Å². The van der Waals surface area contributed by atoms with E-state index < -0.39 is 0 Å². The zero-order valence-corrected chi connectivity index (χ0v) is 10.7. The second-order valence-electron chi connectivity index (χ2n) is 3.93. The van der Waals surface area contributed by atoms with Crippen LogP contribution in [0.1, 0.15) is 23.8 Å². The standard InChI is InChI=1S/C11H20N4O3/c1-3-15-6-9(12)10(14-15)11(17)13-8(4-5-16)7-18-2/h6,8,16H,3-5,7,12H2,1-2H3,(H,13,17). The fourth-order valence-electron chi connectivity index (χ4n) is 1.58. The minimum Gasteiger partial charge on any atom is -0.396 e. The molecule has 0 saturated carbocycles. The molecule has 7 heteroatoms. The van der Waals surface area contributed by atoms with Gasteiger partial charge in [0.05, 0.1) is 18.3 Å². The number of rotatable bonds is 7. The minimum atomic E-state index is -0.352. The molecule has 18 heavy (non-hydrogen) atoms. The number of anilines is 1. The lowest BCUT2D eigenvalue weighted by atomic mass is 10.2. The van der Waals surface area contributed by atoms with Crippen molar-refractivity contribution in [3.8, 4) is 0 Å². The molecule has 0 aliphatic carbocycles. The van der Waals surface area contributed by atoms with E-state index in [4.69, 9.17) is 15.6 Å². The summed E-state index contributed by atoms with van der Waals surface area (Å²) >= 11 is 0. The van der Waals surface area contributed by atoms with Gasteiger partial charge in [-0.15, -0.1) is 0 Å². The average molecular weight is 256 g/mol. The Hall–Kier alpha value is -1.60. The lowest BCUT2D eigenvalue weighted by Crippen LogP contribution is -2.39. The zero-order chi connectivity index (χ0) is 13.5. The maximum absolute atomic E-state index is 12.0. The highest BCUT2D eigenvalue weighted by atomic mass is 16.5. The van der Waals surface area contributed by atoms with Crippen LogP contribution >= 0.6 is 0 Å². The number of aliphatic hydroxyl groups excluding tert-OH is 1. The summed E-state index contributed by atoms with van der Waals surface area (Å²) in [4.78, 5) is 12.0. The number of hydrogen-bond acceptors (Lipinski definition) is 5. The molecule has 0 aliphatic heterocycles. The van der Waals surface area contributed by atoms with Gasteiger partial charge in [0, 0.05) is 26.5 Å². The van der Waals surface area contributed by atoms with Crippen LogP contribution in [0.2, 0.25) is 0 Å². The van der Waals surface area contributed by atoms with Crippen molar-refractivity contribution in [2.75, 3.05) is 26.1 Å². The van der Waals surface area contributed by atoms with E-state index in [9.17, 15) is 4.79 Å². The number of nitrogens with one attached hydrogen (secondary N) is 1. The van der Waals surface area contributed by atoms with E-state index in [1.54, 1.807) is 10.9 Å². The van der Waals surface area contributed by atoms with Crippen molar-refractivity contribution in [1.29, 1.82) is 0 Å². The fourth-order valence-corrected chi connectivity index (χ4v) is 1.58. The fraction of sp³-hybridized carbons (Fsp3) is 0.636. The number of nitrogen functional groups attached to an aromatic ring is 1. The van der Waals surface area contributed by atoms with Gasteiger partial charge in [-0.1, -0.05) is 0 Å². The van der Waals surface area contributed by atoms with E-state index in [1.165, 1.54) is 7.11 Å². The molecule has 0 fully saturated rings. The third-order valence-electron chi connectivity index (χ3n) is 2.51. The predicted octanol–water partition coefficient (Wildman–Crippen LogP) is -0.388. The Morgan fingerprint density at radius 1 is 1.72 bits per heavy atom. The molecule has 1 unspecified atom stereocenters. The number of aromatic nitrogens is 2. The molecule has 102 valence electrons. The number of aliphatic hydroxyl groups is 1. The number of amides is 1. The largest absolute Gasteiger partial charge is 0.396 e. The number of carbonyl (C=O) groups excluding carboxylic acids is 1. The summed E-state index contributed by atoms with van der Waals surface area (Å²) in [5.74, 6) is -0.352. The summed E-state index contributed by atoms with van der Waals surface area (Å²) < 4.78 is 6.57. The molecule has 0 radical (unpaired) electrons. The van der Waals surface area contributed by atoms with Crippen LogP contribution < -0.4 is 11.1 Å². The van der Waals surface area contributed by atoms with Crippen LogP contribution in [0.25, 0.3) is 0 Å². The highest BCUT2D eigenvalue weighted by Gasteiger charge is 2.18. The van der Waals surface area contributed by atoms with E-state index in [0.717, 1.165) is 0 Å². The van der Waals surface area contributed by atoms with Crippen molar-refractivity contribution in [2.24, 2.45) is 0 Å². The number of nitrogens with zero attached hydrogens (tertiary/aromatic N) is 2. The topological polar surface area (TPSA) is 102 Å². The lowest BCUT2D eigenvalue weighted by Gasteiger charge is -2.16. The maximum atomic E-state index is 12.0. The molecule has 1 atom stereocenters. The van der Waals surface area contributed by atoms with Crippen LogP contribution in [0.4, 0.5) is 5.69 Å². The van der Waals surface area contributed by atoms with Crippen LogP contribution in [-0.4, -0.2) is 47.2 Å². The third kappa shape index (κ3) is 3.71. The van der Waals surface area contributed by atoms with Crippen molar-refractivity contribution < 1.29 is 14.6 Å². The summed E-state index contributed by atoms with van der Waals surface area (Å²) in [7, 11) is 1.54. The van der Waals surface area contributed by atoms with Gasteiger partial charge < -0.3 is 20.9 Å². The lowest BCUT2D eigenvalue weighted by molar-refractivity contribution is 0.0874. The summed E-state index contributed by atoms with van der Waals surface area (Å²) in [6.07, 6.45) is 2.04. The number of hydrogen-bond donors (Lipinski definition) is 3. The molecule has 1 aromatic rings. The van der Waals surface area contributed by atoms with E-state index in [2.05, 4.69) is 10.4 Å². The number of methoxy groups -OCH3 is 1. The molecular formula is C11H20N4O3. The molecule has 0 aliphatic rings.